The molecule has 2 amide bonds. The maximum absolute atomic E-state index is 12.4. The van der Waals surface area contributed by atoms with Crippen LogP contribution in [0.15, 0.2) is 30.3 Å². The third-order valence-corrected chi connectivity index (χ3v) is 6.78. The second-order valence-corrected chi connectivity index (χ2v) is 8.12. The predicted octanol–water partition coefficient (Wildman–Crippen LogP) is 0.615. The van der Waals surface area contributed by atoms with Gasteiger partial charge in [-0.25, -0.2) is 4.79 Å². The van der Waals surface area contributed by atoms with Crippen molar-refractivity contribution in [3.8, 4) is 0 Å². The third-order valence-electron chi connectivity index (χ3n) is 5.06. The smallest absolute Gasteiger partial charge is 0.331 e. The minimum absolute atomic E-state index is 0.212. The van der Waals surface area contributed by atoms with Crippen LogP contribution >= 0.6 is 11.8 Å². The van der Waals surface area contributed by atoms with Crippen LogP contribution in [-0.2, 0) is 20.8 Å². The fraction of sp³-hybridized carbons (Fsp3) is 0.438. The van der Waals surface area contributed by atoms with Crippen molar-refractivity contribution in [1.82, 2.24) is 10.2 Å². The van der Waals surface area contributed by atoms with Crippen molar-refractivity contribution in [3.63, 3.8) is 0 Å². The Bertz CT molecular complexity index is 724. The molecule has 2 N–H and O–H groups in total. The van der Waals surface area contributed by atoms with Gasteiger partial charge < -0.3 is 15.3 Å². The molecule has 4 atom stereocenters. The maximum atomic E-state index is 12.4. The van der Waals surface area contributed by atoms with E-state index in [-0.39, 0.29) is 23.6 Å². The van der Waals surface area contributed by atoms with Gasteiger partial charge in [-0.2, -0.15) is 0 Å². The molecule has 3 fully saturated rings. The van der Waals surface area contributed by atoms with Gasteiger partial charge in [0.1, 0.15) is 11.4 Å². The SMILES string of the molecule is CC12CC1(C(=O)O)N1C(=O)C(NC(=O)Cc3ccccc3)[C@H]1S2. The van der Waals surface area contributed by atoms with Crippen LogP contribution in [0.5, 0.6) is 0 Å². The zero-order valence-electron chi connectivity index (χ0n) is 12.5. The molecule has 2 heterocycles. The van der Waals surface area contributed by atoms with Crippen LogP contribution in [0.25, 0.3) is 0 Å². The zero-order chi connectivity index (χ0) is 16.4. The van der Waals surface area contributed by atoms with E-state index in [1.807, 2.05) is 37.3 Å². The summed E-state index contributed by atoms with van der Waals surface area (Å²) in [5.74, 6) is -1.45. The molecule has 1 aliphatic carbocycles. The summed E-state index contributed by atoms with van der Waals surface area (Å²) in [6.45, 7) is 1.88. The monoisotopic (exact) mass is 332 g/mol. The van der Waals surface area contributed by atoms with E-state index in [2.05, 4.69) is 5.32 Å². The van der Waals surface area contributed by atoms with Gasteiger partial charge in [0.25, 0.3) is 0 Å². The molecule has 4 rings (SSSR count). The minimum atomic E-state index is -1.07. The van der Waals surface area contributed by atoms with Crippen LogP contribution in [-0.4, -0.2) is 49.5 Å². The van der Waals surface area contributed by atoms with Crippen molar-refractivity contribution in [2.75, 3.05) is 0 Å². The first-order chi connectivity index (χ1) is 10.9. The number of nitrogens with one attached hydrogen (secondary N) is 1. The van der Waals surface area contributed by atoms with Crippen molar-refractivity contribution in [1.29, 1.82) is 0 Å². The Morgan fingerprint density at radius 1 is 1.39 bits per heavy atom. The highest BCUT2D eigenvalue weighted by Crippen LogP contribution is 2.71. The van der Waals surface area contributed by atoms with Crippen molar-refractivity contribution < 1.29 is 19.5 Å². The fourth-order valence-electron chi connectivity index (χ4n) is 3.72. The molecule has 3 aliphatic rings. The molecule has 3 unspecified atom stereocenters. The molecule has 1 saturated carbocycles. The molecule has 120 valence electrons. The van der Waals surface area contributed by atoms with Gasteiger partial charge in [-0.15, -0.1) is 11.8 Å². The Balaban J connectivity index is 1.44. The van der Waals surface area contributed by atoms with Crippen LogP contribution in [0.3, 0.4) is 0 Å². The molecule has 0 spiro atoms. The number of thioether (sulfide) groups is 1. The Labute approximate surface area is 137 Å². The number of hydrogen-bond acceptors (Lipinski definition) is 4. The normalized spacial score (nSPS) is 36.7. The van der Waals surface area contributed by atoms with E-state index in [0.29, 0.717) is 6.42 Å². The van der Waals surface area contributed by atoms with Gasteiger partial charge in [0.05, 0.1) is 11.2 Å². The van der Waals surface area contributed by atoms with Crippen LogP contribution in [0.2, 0.25) is 0 Å². The molecule has 7 heteroatoms. The van der Waals surface area contributed by atoms with Gasteiger partial charge in [-0.3, -0.25) is 9.59 Å². The number of β-lactam (4-membered cyclic amide) rings is 1. The summed E-state index contributed by atoms with van der Waals surface area (Å²) < 4.78 is -0.432. The first kappa shape index (κ1) is 14.6. The van der Waals surface area contributed by atoms with E-state index in [0.717, 1.165) is 5.56 Å². The quantitative estimate of drug-likeness (QED) is 0.789. The molecule has 2 saturated heterocycles. The van der Waals surface area contributed by atoms with Gasteiger partial charge in [0.2, 0.25) is 11.8 Å². The summed E-state index contributed by atoms with van der Waals surface area (Å²) >= 11 is 1.49. The number of carboxylic acids is 1. The predicted molar refractivity (Wildman–Crippen MR) is 83.7 cm³/mol. The fourth-order valence-corrected chi connectivity index (χ4v) is 5.64. The first-order valence-corrected chi connectivity index (χ1v) is 8.35. The molecule has 0 aromatic heterocycles. The van der Waals surface area contributed by atoms with Gasteiger partial charge >= 0.3 is 5.97 Å². The number of carbonyl (C=O) groups is 3. The van der Waals surface area contributed by atoms with Crippen molar-refractivity contribution >= 4 is 29.5 Å². The lowest BCUT2D eigenvalue weighted by Gasteiger charge is -2.45. The summed E-state index contributed by atoms with van der Waals surface area (Å²) in [4.78, 5) is 37.5. The van der Waals surface area contributed by atoms with E-state index in [4.69, 9.17) is 0 Å². The van der Waals surface area contributed by atoms with Crippen LogP contribution in [0.4, 0.5) is 0 Å². The number of fused-ring (bicyclic) bond motifs is 3. The number of benzene rings is 1. The molecule has 1 aromatic carbocycles. The second-order valence-electron chi connectivity index (χ2n) is 6.50. The second kappa shape index (κ2) is 4.50. The number of amides is 2. The molecule has 2 aliphatic heterocycles. The lowest BCUT2D eigenvalue weighted by Crippen LogP contribution is -2.72. The number of nitrogens with zero attached hydrogens (tertiary/aromatic N) is 1. The van der Waals surface area contributed by atoms with E-state index in [1.54, 1.807) is 0 Å². The summed E-state index contributed by atoms with van der Waals surface area (Å²) in [6.07, 6.45) is 0.691. The highest BCUT2D eigenvalue weighted by molar-refractivity contribution is 8.02. The number of aliphatic carboxylic acids is 1. The van der Waals surface area contributed by atoms with E-state index < -0.39 is 22.3 Å². The van der Waals surface area contributed by atoms with Crippen LogP contribution in [0, 0.1) is 0 Å². The Morgan fingerprint density at radius 2 is 2.09 bits per heavy atom. The lowest BCUT2D eigenvalue weighted by atomic mass is 10.0. The average molecular weight is 332 g/mol. The Kier molecular flexibility index (Phi) is 2.85. The van der Waals surface area contributed by atoms with Crippen LogP contribution < -0.4 is 5.32 Å². The summed E-state index contributed by atoms with van der Waals surface area (Å²) in [7, 11) is 0. The lowest BCUT2D eigenvalue weighted by molar-refractivity contribution is -0.163. The molecule has 23 heavy (non-hydrogen) atoms. The van der Waals surface area contributed by atoms with Crippen molar-refractivity contribution in [2.24, 2.45) is 0 Å². The van der Waals surface area contributed by atoms with Gasteiger partial charge in [-0.1, -0.05) is 30.3 Å². The number of carboxylic acid groups (broad SMARTS) is 1. The number of hydrogen-bond donors (Lipinski definition) is 2. The van der Waals surface area contributed by atoms with Crippen molar-refractivity contribution in [2.45, 2.75) is 41.5 Å². The maximum Gasteiger partial charge on any atom is 0.331 e. The van der Waals surface area contributed by atoms with Gasteiger partial charge in [0, 0.05) is 6.42 Å². The highest BCUT2D eigenvalue weighted by Gasteiger charge is 2.85. The molecular formula is C16H16N2O4S. The number of rotatable bonds is 4. The summed E-state index contributed by atoms with van der Waals surface area (Å²) in [6, 6.07) is 8.69. The summed E-state index contributed by atoms with van der Waals surface area (Å²) in [5.41, 5.74) is -0.190. The van der Waals surface area contributed by atoms with E-state index in [1.165, 1.54) is 16.7 Å². The Morgan fingerprint density at radius 3 is 2.74 bits per heavy atom. The van der Waals surface area contributed by atoms with Gasteiger partial charge in [0.15, 0.2) is 5.54 Å². The minimum Gasteiger partial charge on any atom is -0.479 e. The van der Waals surface area contributed by atoms with Crippen LogP contribution in [0.1, 0.15) is 18.9 Å². The summed E-state index contributed by atoms with van der Waals surface area (Å²) in [5, 5.41) is 12.0. The van der Waals surface area contributed by atoms with Gasteiger partial charge in [-0.05, 0) is 12.5 Å². The standard InChI is InChI=1S/C16H16N2O4S/c1-15-8-16(15,14(21)22)18-12(20)11(13(18)23-15)17-10(19)7-9-5-3-2-4-6-9/h2-6,11,13H,7-8H2,1H3,(H,17,19)(H,21,22)/t11?,13-,15?,16?/m1/s1. The molecular weight excluding hydrogens is 316 g/mol. The first-order valence-electron chi connectivity index (χ1n) is 7.47. The van der Waals surface area contributed by atoms with E-state index in [9.17, 15) is 19.5 Å². The third kappa shape index (κ3) is 1.80. The topological polar surface area (TPSA) is 86.7 Å². The number of carbonyl (C=O) groups excluding carboxylic acids is 2. The van der Waals surface area contributed by atoms with E-state index >= 15 is 0 Å². The van der Waals surface area contributed by atoms with Crippen molar-refractivity contribution in [3.05, 3.63) is 35.9 Å². The Hall–Kier alpha value is -2.02. The zero-order valence-corrected chi connectivity index (χ0v) is 13.3. The molecule has 1 aromatic rings. The molecule has 0 radical (unpaired) electrons. The largest absolute Gasteiger partial charge is 0.479 e. The average Bonchev–Trinajstić information content (AvgIpc) is 3.04. The molecule has 0 bridgehead atoms. The highest BCUT2D eigenvalue weighted by atomic mass is 32.2. The molecule has 6 nitrogen and oxygen atoms in total.